The Morgan fingerprint density at radius 2 is 1.65 bits per heavy atom. The van der Waals surface area contributed by atoms with Crippen LogP contribution in [0.4, 0.5) is 8.78 Å². The molecule has 2 aromatic rings. The molecule has 2 rings (SSSR count). The van der Waals surface area contributed by atoms with Crippen molar-refractivity contribution in [1.82, 2.24) is 0 Å². The zero-order valence-electron chi connectivity index (χ0n) is 8.78. The number of amides is 1. The fraction of sp³-hybridized carbons (Fsp3) is 0. The fourth-order valence-corrected chi connectivity index (χ4v) is 1.62. The molecule has 0 saturated heterocycles. The van der Waals surface area contributed by atoms with Gasteiger partial charge in [-0.15, -0.1) is 0 Å². The van der Waals surface area contributed by atoms with Gasteiger partial charge >= 0.3 is 0 Å². The Morgan fingerprint density at radius 1 is 1.00 bits per heavy atom. The lowest BCUT2D eigenvalue weighted by atomic mass is 10.0. The molecule has 0 unspecified atom stereocenters. The van der Waals surface area contributed by atoms with Crippen LogP contribution in [0.1, 0.15) is 10.4 Å². The Bertz CT molecular complexity index is 567. The number of benzene rings is 2. The normalized spacial score (nSPS) is 10.2. The molecule has 0 heterocycles. The second-order valence-corrected chi connectivity index (χ2v) is 3.51. The van der Waals surface area contributed by atoms with Crippen LogP contribution in [-0.2, 0) is 0 Å². The van der Waals surface area contributed by atoms with Crippen LogP contribution < -0.4 is 5.73 Å². The minimum atomic E-state index is -1.11. The molecule has 86 valence electrons. The molecule has 1 amide bonds. The summed E-state index contributed by atoms with van der Waals surface area (Å²) in [5.74, 6) is -2.99. The molecule has 2 aromatic carbocycles. The molecular weight excluding hydrogens is 224 g/mol. The summed E-state index contributed by atoms with van der Waals surface area (Å²) in [7, 11) is 0. The van der Waals surface area contributed by atoms with Gasteiger partial charge in [0.1, 0.15) is 17.2 Å². The van der Waals surface area contributed by atoms with Crippen molar-refractivity contribution in [2.24, 2.45) is 5.73 Å². The van der Waals surface area contributed by atoms with E-state index in [-0.39, 0.29) is 5.56 Å². The van der Waals surface area contributed by atoms with E-state index >= 15 is 0 Å². The maximum Gasteiger partial charge on any atom is 0.254 e. The summed E-state index contributed by atoms with van der Waals surface area (Å²) in [6, 6.07) is 10.9. The molecule has 0 aliphatic heterocycles. The van der Waals surface area contributed by atoms with Crippen molar-refractivity contribution in [2.45, 2.75) is 0 Å². The second kappa shape index (κ2) is 4.33. The Hall–Kier alpha value is -2.23. The van der Waals surface area contributed by atoms with Gasteiger partial charge in [0.15, 0.2) is 0 Å². The number of rotatable bonds is 2. The smallest absolute Gasteiger partial charge is 0.254 e. The summed E-state index contributed by atoms with van der Waals surface area (Å²) < 4.78 is 27.2. The van der Waals surface area contributed by atoms with Crippen molar-refractivity contribution in [1.29, 1.82) is 0 Å². The highest BCUT2D eigenvalue weighted by Crippen LogP contribution is 2.26. The molecule has 2 nitrogen and oxygen atoms in total. The number of nitrogens with two attached hydrogens (primary N) is 1. The molecule has 17 heavy (non-hydrogen) atoms. The first-order chi connectivity index (χ1) is 8.11. The van der Waals surface area contributed by atoms with Crippen molar-refractivity contribution >= 4 is 5.91 Å². The first-order valence-corrected chi connectivity index (χ1v) is 4.94. The van der Waals surface area contributed by atoms with Gasteiger partial charge in [-0.3, -0.25) is 4.79 Å². The van der Waals surface area contributed by atoms with Crippen LogP contribution in [0.3, 0.4) is 0 Å². The molecule has 0 aromatic heterocycles. The first-order valence-electron chi connectivity index (χ1n) is 4.94. The number of carbonyl (C=O) groups excluding carboxylic acids is 1. The average Bonchev–Trinajstić information content (AvgIpc) is 2.30. The third-order valence-electron chi connectivity index (χ3n) is 2.42. The van der Waals surface area contributed by atoms with E-state index in [0.29, 0.717) is 5.56 Å². The summed E-state index contributed by atoms with van der Waals surface area (Å²) in [6.45, 7) is 0. The number of carbonyl (C=O) groups is 1. The second-order valence-electron chi connectivity index (χ2n) is 3.51. The van der Waals surface area contributed by atoms with Crippen molar-refractivity contribution in [2.75, 3.05) is 0 Å². The van der Waals surface area contributed by atoms with Gasteiger partial charge in [-0.2, -0.15) is 0 Å². The van der Waals surface area contributed by atoms with Gasteiger partial charge < -0.3 is 5.73 Å². The van der Waals surface area contributed by atoms with E-state index < -0.39 is 23.1 Å². The fourth-order valence-electron chi connectivity index (χ4n) is 1.62. The number of hydrogen-bond acceptors (Lipinski definition) is 1. The lowest BCUT2D eigenvalue weighted by Crippen LogP contribution is -2.16. The van der Waals surface area contributed by atoms with E-state index in [1.165, 1.54) is 6.07 Å². The Balaban J connectivity index is 2.66. The van der Waals surface area contributed by atoms with Crippen molar-refractivity contribution in [3.63, 3.8) is 0 Å². The molecule has 0 radical (unpaired) electrons. The molecule has 0 atom stereocenters. The van der Waals surface area contributed by atoms with Gasteiger partial charge in [0.25, 0.3) is 5.91 Å². The highest BCUT2D eigenvalue weighted by atomic mass is 19.1. The van der Waals surface area contributed by atoms with Crippen LogP contribution in [-0.4, -0.2) is 5.91 Å². The van der Waals surface area contributed by atoms with Gasteiger partial charge in [0.2, 0.25) is 0 Å². The molecule has 0 saturated carbocycles. The minimum Gasteiger partial charge on any atom is -0.365 e. The monoisotopic (exact) mass is 233 g/mol. The highest BCUT2D eigenvalue weighted by molar-refractivity contribution is 5.94. The third kappa shape index (κ3) is 2.01. The Kier molecular flexibility index (Phi) is 2.87. The predicted molar refractivity (Wildman–Crippen MR) is 60.3 cm³/mol. The highest BCUT2D eigenvalue weighted by Gasteiger charge is 2.18. The summed E-state index contributed by atoms with van der Waals surface area (Å²) in [6.07, 6.45) is 0. The topological polar surface area (TPSA) is 43.1 Å². The maximum absolute atomic E-state index is 13.9. The molecule has 0 bridgehead atoms. The minimum absolute atomic E-state index is 0.154. The number of primary amides is 1. The summed E-state index contributed by atoms with van der Waals surface area (Å²) in [5.41, 5.74) is 4.96. The lowest BCUT2D eigenvalue weighted by molar-refractivity contribution is 0.0992. The zero-order valence-corrected chi connectivity index (χ0v) is 8.78. The van der Waals surface area contributed by atoms with Crippen LogP contribution in [0, 0.1) is 11.6 Å². The van der Waals surface area contributed by atoms with E-state index in [4.69, 9.17) is 5.73 Å². The van der Waals surface area contributed by atoms with Crippen molar-refractivity contribution in [3.8, 4) is 11.1 Å². The van der Waals surface area contributed by atoms with E-state index in [9.17, 15) is 13.6 Å². The quantitative estimate of drug-likeness (QED) is 0.851. The molecular formula is C13H9F2NO. The van der Waals surface area contributed by atoms with Gasteiger partial charge in [-0.05, 0) is 17.7 Å². The molecule has 0 spiro atoms. The van der Waals surface area contributed by atoms with Gasteiger partial charge in [-0.1, -0.05) is 30.3 Å². The SMILES string of the molecule is NC(=O)c1c(F)ccc(-c2ccccc2)c1F. The van der Waals surface area contributed by atoms with Crippen LogP contribution in [0.5, 0.6) is 0 Å². The molecule has 0 aliphatic carbocycles. The first kappa shape index (κ1) is 11.3. The standard InChI is InChI=1S/C13H9F2NO/c14-10-7-6-9(8-4-2-1-3-5-8)12(15)11(10)13(16)17/h1-7H,(H2,16,17). The van der Waals surface area contributed by atoms with Crippen molar-refractivity contribution < 1.29 is 13.6 Å². The van der Waals surface area contributed by atoms with Gasteiger partial charge in [0, 0.05) is 5.56 Å². The lowest BCUT2D eigenvalue weighted by Gasteiger charge is -2.07. The Labute approximate surface area is 96.7 Å². The summed E-state index contributed by atoms with van der Waals surface area (Å²) in [4.78, 5) is 11.0. The molecule has 4 heteroatoms. The third-order valence-corrected chi connectivity index (χ3v) is 2.42. The van der Waals surface area contributed by atoms with Gasteiger partial charge in [0.05, 0.1) is 0 Å². The van der Waals surface area contributed by atoms with E-state index in [0.717, 1.165) is 6.07 Å². The van der Waals surface area contributed by atoms with E-state index in [1.54, 1.807) is 30.3 Å². The molecule has 2 N–H and O–H groups in total. The van der Waals surface area contributed by atoms with Gasteiger partial charge in [-0.25, -0.2) is 8.78 Å². The average molecular weight is 233 g/mol. The van der Waals surface area contributed by atoms with E-state index in [2.05, 4.69) is 0 Å². The number of hydrogen-bond donors (Lipinski definition) is 1. The largest absolute Gasteiger partial charge is 0.365 e. The van der Waals surface area contributed by atoms with Crippen LogP contribution in [0.2, 0.25) is 0 Å². The van der Waals surface area contributed by atoms with Crippen LogP contribution in [0.15, 0.2) is 42.5 Å². The maximum atomic E-state index is 13.9. The zero-order chi connectivity index (χ0) is 12.4. The summed E-state index contributed by atoms with van der Waals surface area (Å²) >= 11 is 0. The summed E-state index contributed by atoms with van der Waals surface area (Å²) in [5, 5.41) is 0. The molecule has 0 aliphatic rings. The van der Waals surface area contributed by atoms with E-state index in [1.807, 2.05) is 0 Å². The van der Waals surface area contributed by atoms with Crippen LogP contribution in [0.25, 0.3) is 11.1 Å². The molecule has 0 fully saturated rings. The van der Waals surface area contributed by atoms with Crippen LogP contribution >= 0.6 is 0 Å². The predicted octanol–water partition coefficient (Wildman–Crippen LogP) is 2.73. The van der Waals surface area contributed by atoms with Crippen molar-refractivity contribution in [3.05, 3.63) is 59.7 Å². The Morgan fingerprint density at radius 3 is 2.24 bits per heavy atom. The number of halogens is 2.